The second kappa shape index (κ2) is 5.99. The van der Waals surface area contributed by atoms with Crippen LogP contribution in [0.25, 0.3) is 21.9 Å². The van der Waals surface area contributed by atoms with Crippen LogP contribution in [0, 0.1) is 6.92 Å². The molecule has 0 saturated carbocycles. The van der Waals surface area contributed by atoms with Crippen LogP contribution >= 0.6 is 10.6 Å². The van der Waals surface area contributed by atoms with E-state index in [1.165, 1.54) is 0 Å². The summed E-state index contributed by atoms with van der Waals surface area (Å²) in [5, 5.41) is 1.06. The molecule has 0 radical (unpaired) electrons. The molecule has 7 heteroatoms. The first-order valence-electron chi connectivity index (χ1n) is 7.50. The van der Waals surface area contributed by atoms with Crippen LogP contribution in [-0.2, 0) is 10.7 Å². The molecule has 4 N–H and O–H groups in total. The van der Waals surface area contributed by atoms with E-state index in [0.717, 1.165) is 46.5 Å². The van der Waals surface area contributed by atoms with Crippen LogP contribution in [-0.4, -0.2) is 38.2 Å². The molecule has 1 atom stereocenters. The third-order valence-corrected chi connectivity index (χ3v) is 5.89. The van der Waals surface area contributed by atoms with E-state index in [1.54, 1.807) is 7.11 Å². The largest absolute Gasteiger partial charge is 0.382 e. The van der Waals surface area contributed by atoms with Gasteiger partial charge in [0.1, 0.15) is 11.3 Å². The molecule has 0 aliphatic carbocycles. The average molecular weight is 335 g/mol. The van der Waals surface area contributed by atoms with E-state index in [0.29, 0.717) is 5.82 Å². The molecule has 0 amide bonds. The van der Waals surface area contributed by atoms with Gasteiger partial charge in [0.25, 0.3) is 0 Å². The summed E-state index contributed by atoms with van der Waals surface area (Å²) in [6, 6.07) is 7.98. The predicted octanol–water partition coefficient (Wildman–Crippen LogP) is 2.50. The van der Waals surface area contributed by atoms with Gasteiger partial charge in [0.15, 0.2) is 5.82 Å². The molecule has 0 aliphatic heterocycles. The monoisotopic (exact) mass is 335 g/mol. The Morgan fingerprint density at radius 2 is 2.04 bits per heavy atom. The third-order valence-electron chi connectivity index (χ3n) is 4.08. The first kappa shape index (κ1) is 16.0. The van der Waals surface area contributed by atoms with Gasteiger partial charge in [0, 0.05) is 11.9 Å². The Morgan fingerprint density at radius 1 is 1.30 bits per heavy atom. The van der Waals surface area contributed by atoms with Crippen molar-refractivity contribution in [3.05, 3.63) is 30.1 Å². The van der Waals surface area contributed by atoms with Crippen LogP contribution in [0.2, 0.25) is 0 Å². The number of benzene rings is 1. The van der Waals surface area contributed by atoms with Gasteiger partial charge in [-0.05, 0) is 19.4 Å². The van der Waals surface area contributed by atoms with Gasteiger partial charge in [0.05, 0.1) is 30.2 Å². The van der Waals surface area contributed by atoms with Gasteiger partial charge in [-0.3, -0.25) is 4.18 Å². The van der Waals surface area contributed by atoms with Gasteiger partial charge in [-0.15, -0.1) is 10.6 Å². The molecule has 23 heavy (non-hydrogen) atoms. The van der Waals surface area contributed by atoms with Gasteiger partial charge in [0.2, 0.25) is 0 Å². The minimum absolute atomic E-state index is 0.466. The molecule has 3 aromatic rings. The first-order chi connectivity index (χ1) is 10.9. The van der Waals surface area contributed by atoms with Crippen LogP contribution in [0.1, 0.15) is 12.2 Å². The molecule has 124 valence electrons. The number of nitrogens with two attached hydrogens (primary N) is 1. The van der Waals surface area contributed by atoms with Gasteiger partial charge in [-0.2, -0.15) is 0 Å². The normalized spacial score (nSPS) is 15.8. The molecular formula is C16H23N4O2S+. The minimum Gasteiger partial charge on any atom is -0.382 e. The molecule has 2 heterocycles. The van der Waals surface area contributed by atoms with Crippen molar-refractivity contribution >= 4 is 38.3 Å². The van der Waals surface area contributed by atoms with E-state index in [-0.39, 0.29) is 0 Å². The highest BCUT2D eigenvalue weighted by Gasteiger charge is 2.16. The van der Waals surface area contributed by atoms with E-state index >= 15 is 0 Å². The number of aryl methyl sites for hydroxylation is 2. The Morgan fingerprint density at radius 3 is 2.78 bits per heavy atom. The molecule has 0 spiro atoms. The number of para-hydroxylation sites is 1. The van der Waals surface area contributed by atoms with Crippen molar-refractivity contribution in [1.29, 1.82) is 0 Å². The van der Waals surface area contributed by atoms with Crippen molar-refractivity contribution in [2.45, 2.75) is 19.9 Å². The summed E-state index contributed by atoms with van der Waals surface area (Å²) in [6.45, 7) is 2.78. The van der Waals surface area contributed by atoms with Crippen molar-refractivity contribution in [2.24, 2.45) is 0 Å². The molecule has 1 aromatic carbocycles. The summed E-state index contributed by atoms with van der Waals surface area (Å²) in [5.74, 6) is 2.12. The van der Waals surface area contributed by atoms with Gasteiger partial charge >= 0.3 is 0 Å². The highest BCUT2D eigenvalue weighted by molar-refractivity contribution is 8.24. The lowest BCUT2D eigenvalue weighted by atomic mass is 10.2. The molecule has 0 saturated heterocycles. The molecule has 3 rings (SSSR count). The number of anilines is 1. The van der Waals surface area contributed by atoms with Crippen molar-refractivity contribution in [1.82, 2.24) is 14.5 Å². The molecule has 0 fully saturated rings. The SMILES string of the molecule is COS(C)([OH2+])CCCn1c(C)nc2c(N)nc3ccccc3c21. The Kier molecular flexibility index (Phi) is 4.18. The first-order valence-corrected chi connectivity index (χ1v) is 9.64. The van der Waals surface area contributed by atoms with E-state index in [2.05, 4.69) is 20.6 Å². The summed E-state index contributed by atoms with van der Waals surface area (Å²) >= 11 is 0. The lowest BCUT2D eigenvalue weighted by Gasteiger charge is -2.27. The van der Waals surface area contributed by atoms with Gasteiger partial charge < -0.3 is 14.9 Å². The topological polar surface area (TPSA) is 88.9 Å². The average Bonchev–Trinajstić information content (AvgIpc) is 2.85. The summed E-state index contributed by atoms with van der Waals surface area (Å²) in [5.41, 5.74) is 8.76. The molecule has 2 aromatic heterocycles. The fraction of sp³-hybridized carbons (Fsp3) is 0.375. The van der Waals surface area contributed by atoms with Crippen LogP contribution < -0.4 is 5.73 Å². The zero-order valence-corrected chi connectivity index (χ0v) is 14.5. The minimum atomic E-state index is -1.71. The number of rotatable bonds is 5. The summed E-state index contributed by atoms with van der Waals surface area (Å²) < 4.78 is 15.5. The van der Waals surface area contributed by atoms with E-state index in [1.807, 2.05) is 31.4 Å². The molecule has 1 unspecified atom stereocenters. The van der Waals surface area contributed by atoms with Crippen molar-refractivity contribution in [3.8, 4) is 0 Å². The quantitative estimate of drug-likeness (QED) is 0.726. The fourth-order valence-corrected chi connectivity index (χ4v) is 3.67. The number of fused-ring (bicyclic) bond motifs is 3. The number of nitrogens with zero attached hydrogens (tertiary/aromatic N) is 3. The maximum Gasteiger partial charge on any atom is 0.152 e. The Balaban J connectivity index is 2.04. The maximum atomic E-state index is 8.09. The van der Waals surface area contributed by atoms with E-state index < -0.39 is 10.6 Å². The second-order valence-corrected chi connectivity index (χ2v) is 8.50. The van der Waals surface area contributed by atoms with Gasteiger partial charge in [-0.25, -0.2) is 9.97 Å². The maximum absolute atomic E-state index is 8.09. The highest BCUT2D eigenvalue weighted by Crippen LogP contribution is 2.40. The number of aromatic nitrogens is 3. The number of hydrogen-bond donors (Lipinski definition) is 1. The van der Waals surface area contributed by atoms with Gasteiger partial charge in [-0.1, -0.05) is 18.2 Å². The van der Waals surface area contributed by atoms with Crippen LogP contribution in [0.5, 0.6) is 0 Å². The lowest BCUT2D eigenvalue weighted by Crippen LogP contribution is -2.08. The van der Waals surface area contributed by atoms with Crippen LogP contribution in [0.3, 0.4) is 0 Å². The summed E-state index contributed by atoms with van der Waals surface area (Å²) in [4.78, 5) is 9.05. The predicted molar refractivity (Wildman–Crippen MR) is 97.8 cm³/mol. The third kappa shape index (κ3) is 2.99. The summed E-state index contributed by atoms with van der Waals surface area (Å²) in [6.07, 6.45) is 2.73. The number of pyridine rings is 1. The van der Waals surface area contributed by atoms with Crippen molar-refractivity contribution in [3.63, 3.8) is 0 Å². The lowest BCUT2D eigenvalue weighted by molar-refractivity contribution is 0.398. The molecule has 0 bridgehead atoms. The molecule has 0 aliphatic rings. The van der Waals surface area contributed by atoms with E-state index in [4.69, 9.17) is 14.5 Å². The fourth-order valence-electron chi connectivity index (χ4n) is 2.83. The highest BCUT2D eigenvalue weighted by atomic mass is 32.3. The number of nitrogen functional groups attached to an aromatic ring is 1. The Labute approximate surface area is 137 Å². The van der Waals surface area contributed by atoms with Crippen molar-refractivity contribution in [2.75, 3.05) is 24.9 Å². The number of hydrogen-bond acceptors (Lipinski definition) is 4. The Hall–Kier alpha value is -1.83. The zero-order chi connectivity index (χ0) is 16.6. The van der Waals surface area contributed by atoms with Crippen LogP contribution in [0.4, 0.5) is 5.82 Å². The second-order valence-electron chi connectivity index (χ2n) is 5.75. The van der Waals surface area contributed by atoms with Crippen molar-refractivity contribution < 1.29 is 8.74 Å². The van der Waals surface area contributed by atoms with E-state index in [9.17, 15) is 0 Å². The van der Waals surface area contributed by atoms with Crippen LogP contribution in [0.15, 0.2) is 24.3 Å². The molecular weight excluding hydrogens is 312 g/mol. The Bertz CT molecular complexity index is 860. The summed E-state index contributed by atoms with van der Waals surface area (Å²) in [7, 11) is -0.0991. The smallest absolute Gasteiger partial charge is 0.152 e. The zero-order valence-electron chi connectivity index (χ0n) is 13.7. The molecule has 6 nitrogen and oxygen atoms in total. The standard InChI is InChI=1S/C16H22N4O2S/c1-11-18-14-15(20(11)9-6-10-23(3,21)22-2)12-7-4-5-8-13(12)19-16(14)17/h4-5,7-8,21H,6,9-10H2,1-3H3,(H2,17,19)/p+1. The number of imidazole rings is 1.